The van der Waals surface area contributed by atoms with E-state index >= 15 is 0 Å². The molecule has 2 heterocycles. The number of ether oxygens (including phenoxy) is 5. The summed E-state index contributed by atoms with van der Waals surface area (Å²) in [5.74, 6) is -0.218. The molecule has 3 aliphatic rings. The number of nitrogens with one attached hydrogen (secondary N) is 1. The Bertz CT molecular complexity index is 1450. The highest BCUT2D eigenvalue weighted by molar-refractivity contribution is 6.32. The Morgan fingerprint density at radius 3 is 2.55 bits per heavy atom. The van der Waals surface area contributed by atoms with Crippen LogP contribution in [0.15, 0.2) is 35.9 Å². The number of halogens is 1. The number of Topliss-reactive ketones (excluding diaryl/α,β-unsaturated/α-hetero) is 1. The van der Waals surface area contributed by atoms with Crippen molar-refractivity contribution in [1.82, 2.24) is 10.2 Å². The molecule has 12 heteroatoms. The molecule has 2 aliphatic heterocycles. The minimum Gasteiger partial charge on any atom is -0.495 e. The first-order chi connectivity index (χ1) is 23.0. The lowest BCUT2D eigenvalue weighted by atomic mass is 9.83. The van der Waals surface area contributed by atoms with Crippen LogP contribution in [0.2, 0.25) is 5.02 Å². The Kier molecular flexibility index (Phi) is 12.6. The topological polar surface area (TPSA) is 136 Å². The van der Waals surface area contributed by atoms with E-state index < -0.39 is 59.8 Å². The monoisotopic (exact) mass is 704 g/mol. The highest BCUT2D eigenvalue weighted by Gasteiger charge is 2.64. The second-order valence-corrected chi connectivity index (χ2v) is 14.8. The van der Waals surface area contributed by atoms with Crippen molar-refractivity contribution >= 4 is 29.4 Å². The highest BCUT2D eigenvalue weighted by Crippen LogP contribution is 2.49. The summed E-state index contributed by atoms with van der Waals surface area (Å²) in [6, 6.07) is 3.45. The Morgan fingerprint density at radius 2 is 1.90 bits per heavy atom. The summed E-state index contributed by atoms with van der Waals surface area (Å²) in [6.45, 7) is 9.50. The summed E-state index contributed by atoms with van der Waals surface area (Å²) >= 11 is 6.75. The number of carbonyl (C=O) groups is 3. The molecular formula is C37H53ClN2O9. The number of allylic oxidation sites excluding steroid dienone is 3. The van der Waals surface area contributed by atoms with Gasteiger partial charge in [0.1, 0.15) is 41.5 Å². The van der Waals surface area contributed by atoms with E-state index in [1.807, 2.05) is 32.9 Å². The molecule has 0 saturated carbocycles. The Balaban J connectivity index is 1.70. The van der Waals surface area contributed by atoms with Crippen LogP contribution in [0, 0.1) is 11.8 Å². The van der Waals surface area contributed by atoms with Crippen LogP contribution in [-0.2, 0) is 41.4 Å². The van der Waals surface area contributed by atoms with Gasteiger partial charge in [-0.25, -0.2) is 4.79 Å². The molecule has 2 saturated heterocycles. The number of nitrogens with zero attached hydrogens (tertiary/aromatic N) is 1. The van der Waals surface area contributed by atoms with Crippen molar-refractivity contribution < 1.29 is 43.2 Å². The summed E-state index contributed by atoms with van der Waals surface area (Å²) < 4.78 is 29.2. The lowest BCUT2D eigenvalue weighted by molar-refractivity contribution is -0.158. The van der Waals surface area contributed by atoms with Gasteiger partial charge in [0.05, 0.1) is 18.2 Å². The third-order valence-corrected chi connectivity index (χ3v) is 10.7. The average molecular weight is 705 g/mol. The third kappa shape index (κ3) is 9.24. The van der Waals surface area contributed by atoms with E-state index in [2.05, 4.69) is 18.3 Å². The SMILES string of the molecule is COc1cc2cc(c1Cl)CC(C)CCC(=O)CC(OC(=O)C(C)N(C)C)C1(C)OC1C(C)C1CC(O)(NC(=O)O1)C(OC)/C=C/C=C(\C)C2. The van der Waals surface area contributed by atoms with E-state index in [9.17, 15) is 19.5 Å². The number of carbonyl (C=O) groups excluding carboxylic acids is 3. The number of hydrogen-bond acceptors (Lipinski definition) is 10. The number of ketones is 1. The van der Waals surface area contributed by atoms with Crippen LogP contribution in [0.1, 0.15) is 71.4 Å². The van der Waals surface area contributed by atoms with Gasteiger partial charge in [-0.05, 0) is 77.2 Å². The quantitative estimate of drug-likeness (QED) is 0.312. The van der Waals surface area contributed by atoms with Crippen LogP contribution < -0.4 is 10.1 Å². The molecular weight excluding hydrogens is 652 g/mol. The van der Waals surface area contributed by atoms with Gasteiger partial charge in [-0.3, -0.25) is 19.8 Å². The molecule has 0 radical (unpaired) electrons. The van der Waals surface area contributed by atoms with Crippen molar-refractivity contribution in [3.63, 3.8) is 0 Å². The first-order valence-corrected chi connectivity index (χ1v) is 17.4. The summed E-state index contributed by atoms with van der Waals surface area (Å²) in [5.41, 5.74) is 0.206. The standard InChI is InChI=1S/C37H53ClN2O9/c1-21-11-10-12-30(46-9)37(44)20-29(47-35(43)39-37)23(3)33-36(5,49-33)31(48-34(42)24(4)40(6)7)19-27(41)14-13-22(2)16-26-17-25(15-21)18-28(45-8)32(26)38/h10-12,17-18,22-24,29-31,33,44H,13-16,19-20H2,1-9H3,(H,39,43)/b12-10+,21-11+. The predicted molar refractivity (Wildman–Crippen MR) is 186 cm³/mol. The molecule has 1 amide bonds. The number of fused-ring (bicyclic) bond motifs is 5. The van der Waals surface area contributed by atoms with Gasteiger partial charge < -0.3 is 28.8 Å². The largest absolute Gasteiger partial charge is 0.495 e. The number of rotatable bonds is 5. The van der Waals surface area contributed by atoms with Gasteiger partial charge >= 0.3 is 12.1 Å². The van der Waals surface area contributed by atoms with Crippen molar-refractivity contribution in [1.29, 1.82) is 0 Å². The average Bonchev–Trinajstić information content (AvgIpc) is 3.73. The van der Waals surface area contributed by atoms with Crippen molar-refractivity contribution in [3.8, 4) is 5.75 Å². The highest BCUT2D eigenvalue weighted by atomic mass is 35.5. The summed E-state index contributed by atoms with van der Waals surface area (Å²) in [7, 11) is 6.60. The number of esters is 1. The number of aliphatic hydroxyl groups is 1. The second-order valence-electron chi connectivity index (χ2n) is 14.4. The van der Waals surface area contributed by atoms with Gasteiger partial charge in [0.2, 0.25) is 0 Å². The molecule has 0 aromatic heterocycles. The smallest absolute Gasteiger partial charge is 0.409 e. The summed E-state index contributed by atoms with van der Waals surface area (Å²) in [6.07, 6.45) is 3.76. The van der Waals surface area contributed by atoms with Crippen molar-refractivity contribution in [2.75, 3.05) is 28.3 Å². The van der Waals surface area contributed by atoms with E-state index in [4.69, 9.17) is 35.3 Å². The zero-order valence-corrected chi connectivity index (χ0v) is 31.0. The minimum atomic E-state index is -1.78. The zero-order chi connectivity index (χ0) is 36.3. The van der Waals surface area contributed by atoms with E-state index in [1.54, 1.807) is 45.2 Å². The molecule has 9 atom stereocenters. The predicted octanol–water partition coefficient (Wildman–Crippen LogP) is 5.18. The molecule has 2 fully saturated rings. The fourth-order valence-electron chi connectivity index (χ4n) is 6.80. The van der Waals surface area contributed by atoms with E-state index in [-0.39, 0.29) is 31.0 Å². The van der Waals surface area contributed by atoms with E-state index in [1.165, 1.54) is 7.11 Å². The fraction of sp³-hybridized carbons (Fsp3) is 0.649. The molecule has 4 bridgehead atoms. The maximum absolute atomic E-state index is 13.5. The molecule has 4 rings (SSSR count). The summed E-state index contributed by atoms with van der Waals surface area (Å²) in [4.78, 5) is 41.2. The number of hydrogen-bond donors (Lipinski definition) is 2. The van der Waals surface area contributed by atoms with Crippen LogP contribution in [0.4, 0.5) is 4.79 Å². The first kappa shape index (κ1) is 38.8. The van der Waals surface area contributed by atoms with Crippen molar-refractivity contribution in [2.24, 2.45) is 11.8 Å². The molecule has 1 aromatic rings. The number of likely N-dealkylation sites (N-methyl/N-ethyl adjacent to an activating group) is 1. The Labute approximate surface area is 295 Å². The molecule has 0 spiro atoms. The van der Waals surface area contributed by atoms with Crippen LogP contribution in [0.25, 0.3) is 0 Å². The number of alkyl carbamates (subject to hydrolysis) is 1. The van der Waals surface area contributed by atoms with Gasteiger partial charge in [0.15, 0.2) is 5.72 Å². The van der Waals surface area contributed by atoms with Crippen LogP contribution in [-0.4, -0.2) is 98.0 Å². The maximum atomic E-state index is 13.5. The van der Waals surface area contributed by atoms with Crippen LogP contribution >= 0.6 is 11.6 Å². The minimum absolute atomic E-state index is 0.00761. The van der Waals surface area contributed by atoms with Gasteiger partial charge in [0, 0.05) is 32.3 Å². The molecule has 9 unspecified atom stereocenters. The van der Waals surface area contributed by atoms with Gasteiger partial charge in [-0.1, -0.05) is 55.3 Å². The van der Waals surface area contributed by atoms with Gasteiger partial charge in [-0.15, -0.1) is 0 Å². The molecule has 2 N–H and O–H groups in total. The maximum Gasteiger partial charge on any atom is 0.409 e. The Morgan fingerprint density at radius 1 is 1.18 bits per heavy atom. The molecule has 272 valence electrons. The molecule has 1 aliphatic carbocycles. The van der Waals surface area contributed by atoms with Crippen LogP contribution in [0.3, 0.4) is 0 Å². The van der Waals surface area contributed by atoms with Crippen molar-refractivity contribution in [2.45, 2.75) is 115 Å². The Hall–Kier alpha value is -2.96. The van der Waals surface area contributed by atoms with E-state index in [0.29, 0.717) is 30.0 Å². The fourth-order valence-corrected chi connectivity index (χ4v) is 7.07. The summed E-state index contributed by atoms with van der Waals surface area (Å²) in [5, 5.41) is 14.8. The normalized spacial score (nSPS) is 35.2. The number of methoxy groups -OCH3 is 2. The number of epoxide rings is 1. The first-order valence-electron chi connectivity index (χ1n) is 17.0. The number of amides is 1. The van der Waals surface area contributed by atoms with E-state index in [0.717, 1.165) is 16.7 Å². The van der Waals surface area contributed by atoms with Gasteiger partial charge in [0.25, 0.3) is 0 Å². The third-order valence-electron chi connectivity index (χ3n) is 10.2. The second kappa shape index (κ2) is 15.9. The van der Waals surface area contributed by atoms with Gasteiger partial charge in [-0.2, -0.15) is 0 Å². The lowest BCUT2D eigenvalue weighted by Crippen LogP contribution is -2.63. The lowest BCUT2D eigenvalue weighted by Gasteiger charge is -2.42. The number of benzene rings is 1. The van der Waals surface area contributed by atoms with Crippen LogP contribution in [0.5, 0.6) is 5.75 Å². The molecule has 11 nitrogen and oxygen atoms in total. The zero-order valence-electron chi connectivity index (χ0n) is 30.2. The van der Waals surface area contributed by atoms with Crippen molar-refractivity contribution in [3.05, 3.63) is 52.1 Å². The molecule has 1 aromatic carbocycles. The molecule has 49 heavy (non-hydrogen) atoms.